The van der Waals surface area contributed by atoms with E-state index < -0.39 is 0 Å². The molecule has 0 bridgehead atoms. The molecule has 3 heteroatoms. The van der Waals surface area contributed by atoms with Gasteiger partial charge < -0.3 is 11.1 Å². The molecule has 0 spiro atoms. The summed E-state index contributed by atoms with van der Waals surface area (Å²) in [5.74, 6) is 0.543. The fraction of sp³-hybridized carbons (Fsp3) is 0.571. The van der Waals surface area contributed by atoms with Crippen molar-refractivity contribution in [1.82, 2.24) is 0 Å². The molecular formula is C14H21FN2. The first-order valence-electron chi connectivity index (χ1n) is 6.50. The number of halogens is 1. The first kappa shape index (κ1) is 12.2. The fourth-order valence-electron chi connectivity index (χ4n) is 2.66. The van der Waals surface area contributed by atoms with E-state index in [1.807, 2.05) is 0 Å². The first-order valence-corrected chi connectivity index (χ1v) is 6.50. The van der Waals surface area contributed by atoms with Crippen LogP contribution < -0.4 is 11.1 Å². The summed E-state index contributed by atoms with van der Waals surface area (Å²) in [5.41, 5.74) is 6.60. The Bertz CT molecular complexity index is 378. The van der Waals surface area contributed by atoms with Crippen molar-refractivity contribution in [2.75, 3.05) is 11.1 Å². The third-order valence-electron chi connectivity index (χ3n) is 3.71. The third kappa shape index (κ3) is 3.11. The second-order valence-corrected chi connectivity index (χ2v) is 5.02. The van der Waals surface area contributed by atoms with E-state index in [4.69, 9.17) is 5.73 Å². The topological polar surface area (TPSA) is 38.0 Å². The molecule has 2 unspecified atom stereocenters. The molecule has 1 aliphatic rings. The molecule has 94 valence electrons. The largest absolute Gasteiger partial charge is 0.399 e. The first-order chi connectivity index (χ1) is 8.19. The SMILES string of the molecule is CCC1CCCC(Nc2ccc(N)cc2F)C1. The number of benzene rings is 1. The normalized spacial score (nSPS) is 24.6. The lowest BCUT2D eigenvalue weighted by Gasteiger charge is -2.30. The number of nitrogen functional groups attached to an aromatic ring is 1. The molecule has 1 aliphatic carbocycles. The Kier molecular flexibility index (Phi) is 3.87. The zero-order valence-electron chi connectivity index (χ0n) is 10.4. The zero-order valence-corrected chi connectivity index (χ0v) is 10.4. The van der Waals surface area contributed by atoms with Gasteiger partial charge in [0.25, 0.3) is 0 Å². The maximum absolute atomic E-state index is 13.6. The van der Waals surface area contributed by atoms with E-state index in [-0.39, 0.29) is 5.82 Å². The van der Waals surface area contributed by atoms with Crippen molar-refractivity contribution in [2.45, 2.75) is 45.1 Å². The van der Waals surface area contributed by atoms with E-state index >= 15 is 0 Å². The van der Waals surface area contributed by atoms with Crippen LogP contribution in [0.2, 0.25) is 0 Å². The highest BCUT2D eigenvalue weighted by molar-refractivity contribution is 5.53. The van der Waals surface area contributed by atoms with E-state index in [0.29, 0.717) is 17.4 Å². The van der Waals surface area contributed by atoms with Gasteiger partial charge in [0.1, 0.15) is 5.82 Å². The second-order valence-electron chi connectivity index (χ2n) is 5.02. The molecule has 1 fully saturated rings. The van der Waals surface area contributed by atoms with Crippen molar-refractivity contribution in [3.8, 4) is 0 Å². The van der Waals surface area contributed by atoms with Gasteiger partial charge in [0.05, 0.1) is 5.69 Å². The average molecular weight is 236 g/mol. The Labute approximate surface area is 102 Å². The number of hydrogen-bond donors (Lipinski definition) is 2. The Morgan fingerprint density at radius 2 is 2.24 bits per heavy atom. The van der Waals surface area contributed by atoms with Gasteiger partial charge in [-0.1, -0.05) is 26.2 Å². The number of hydrogen-bond acceptors (Lipinski definition) is 2. The molecule has 0 amide bonds. The molecule has 17 heavy (non-hydrogen) atoms. The summed E-state index contributed by atoms with van der Waals surface area (Å²) in [6.07, 6.45) is 6.08. The summed E-state index contributed by atoms with van der Waals surface area (Å²) in [6.45, 7) is 2.23. The molecule has 2 rings (SSSR count). The summed E-state index contributed by atoms with van der Waals surface area (Å²) in [7, 11) is 0. The second kappa shape index (κ2) is 5.39. The minimum atomic E-state index is -0.247. The van der Waals surface area contributed by atoms with Gasteiger partial charge in [0.15, 0.2) is 0 Å². The molecule has 1 aromatic rings. The monoisotopic (exact) mass is 236 g/mol. The Morgan fingerprint density at radius 3 is 2.94 bits per heavy atom. The lowest BCUT2D eigenvalue weighted by atomic mass is 9.84. The van der Waals surface area contributed by atoms with Gasteiger partial charge in [0, 0.05) is 11.7 Å². The van der Waals surface area contributed by atoms with Crippen LogP contribution in [-0.4, -0.2) is 6.04 Å². The van der Waals surface area contributed by atoms with Crippen molar-refractivity contribution >= 4 is 11.4 Å². The van der Waals surface area contributed by atoms with Crippen molar-refractivity contribution in [1.29, 1.82) is 0 Å². The van der Waals surface area contributed by atoms with E-state index in [0.717, 1.165) is 18.8 Å². The molecular weight excluding hydrogens is 215 g/mol. The van der Waals surface area contributed by atoms with Crippen LogP contribution in [-0.2, 0) is 0 Å². The fourth-order valence-corrected chi connectivity index (χ4v) is 2.66. The van der Waals surface area contributed by atoms with Gasteiger partial charge >= 0.3 is 0 Å². The van der Waals surface area contributed by atoms with Crippen molar-refractivity contribution in [3.05, 3.63) is 24.0 Å². The molecule has 0 saturated heterocycles. The Morgan fingerprint density at radius 1 is 1.41 bits per heavy atom. The Hall–Kier alpha value is -1.25. The summed E-state index contributed by atoms with van der Waals surface area (Å²) in [6, 6.07) is 5.26. The van der Waals surface area contributed by atoms with Crippen LogP contribution >= 0.6 is 0 Å². The van der Waals surface area contributed by atoms with Crippen molar-refractivity contribution in [2.24, 2.45) is 5.92 Å². The van der Waals surface area contributed by atoms with Crippen LogP contribution in [0.3, 0.4) is 0 Å². The maximum Gasteiger partial charge on any atom is 0.148 e. The van der Waals surface area contributed by atoms with Gasteiger partial charge in [-0.2, -0.15) is 0 Å². The highest BCUT2D eigenvalue weighted by atomic mass is 19.1. The predicted octanol–water partition coefficient (Wildman–Crippen LogP) is 3.79. The van der Waals surface area contributed by atoms with Gasteiger partial charge in [0.2, 0.25) is 0 Å². The van der Waals surface area contributed by atoms with E-state index in [1.54, 1.807) is 12.1 Å². The molecule has 0 heterocycles. The lowest BCUT2D eigenvalue weighted by Crippen LogP contribution is -2.27. The standard InChI is InChI=1S/C14H21FN2/c1-2-10-4-3-5-12(8-10)17-14-7-6-11(16)9-13(14)15/h6-7,9-10,12,17H,2-5,8,16H2,1H3. The number of rotatable bonds is 3. The van der Waals surface area contributed by atoms with Crippen LogP contribution in [0.5, 0.6) is 0 Å². The average Bonchev–Trinajstić information content (AvgIpc) is 2.33. The van der Waals surface area contributed by atoms with Crippen LogP contribution in [0.4, 0.5) is 15.8 Å². The molecule has 2 atom stereocenters. The quantitative estimate of drug-likeness (QED) is 0.784. The van der Waals surface area contributed by atoms with E-state index in [9.17, 15) is 4.39 Å². The van der Waals surface area contributed by atoms with Crippen LogP contribution in [0, 0.1) is 11.7 Å². The smallest absolute Gasteiger partial charge is 0.148 e. The van der Waals surface area contributed by atoms with Gasteiger partial charge in [-0.15, -0.1) is 0 Å². The highest BCUT2D eigenvalue weighted by Gasteiger charge is 2.21. The van der Waals surface area contributed by atoms with E-state index in [2.05, 4.69) is 12.2 Å². The highest BCUT2D eigenvalue weighted by Crippen LogP contribution is 2.29. The molecule has 1 saturated carbocycles. The number of nitrogens with one attached hydrogen (secondary N) is 1. The Balaban J connectivity index is 2.00. The third-order valence-corrected chi connectivity index (χ3v) is 3.71. The molecule has 1 aromatic carbocycles. The van der Waals surface area contributed by atoms with Gasteiger partial charge in [-0.25, -0.2) is 4.39 Å². The summed E-state index contributed by atoms with van der Waals surface area (Å²) in [4.78, 5) is 0. The summed E-state index contributed by atoms with van der Waals surface area (Å²) < 4.78 is 13.6. The summed E-state index contributed by atoms with van der Waals surface area (Å²) >= 11 is 0. The molecule has 0 aromatic heterocycles. The molecule has 0 radical (unpaired) electrons. The number of anilines is 2. The number of nitrogens with two attached hydrogens (primary N) is 1. The molecule has 3 N–H and O–H groups in total. The van der Waals surface area contributed by atoms with Crippen molar-refractivity contribution in [3.63, 3.8) is 0 Å². The van der Waals surface area contributed by atoms with Crippen molar-refractivity contribution < 1.29 is 4.39 Å². The predicted molar refractivity (Wildman–Crippen MR) is 70.5 cm³/mol. The zero-order chi connectivity index (χ0) is 12.3. The van der Waals surface area contributed by atoms with Crippen LogP contribution in [0.1, 0.15) is 39.0 Å². The van der Waals surface area contributed by atoms with Crippen LogP contribution in [0.25, 0.3) is 0 Å². The van der Waals surface area contributed by atoms with Crippen LogP contribution in [0.15, 0.2) is 18.2 Å². The molecule has 2 nitrogen and oxygen atoms in total. The lowest BCUT2D eigenvalue weighted by molar-refractivity contribution is 0.327. The van der Waals surface area contributed by atoms with Gasteiger partial charge in [-0.05, 0) is 37.0 Å². The summed E-state index contributed by atoms with van der Waals surface area (Å²) in [5, 5.41) is 3.31. The minimum absolute atomic E-state index is 0.247. The molecule has 0 aliphatic heterocycles. The minimum Gasteiger partial charge on any atom is -0.399 e. The van der Waals surface area contributed by atoms with E-state index in [1.165, 1.54) is 25.3 Å². The maximum atomic E-state index is 13.6. The van der Waals surface area contributed by atoms with Gasteiger partial charge in [-0.3, -0.25) is 0 Å².